The number of carbonyl (C=O) groups excluding carboxylic acids is 2. The van der Waals surface area contributed by atoms with Crippen LogP contribution in [-0.4, -0.2) is 36.2 Å². The summed E-state index contributed by atoms with van der Waals surface area (Å²) in [7, 11) is 0. The van der Waals surface area contributed by atoms with Gasteiger partial charge in [0.15, 0.2) is 0 Å². The van der Waals surface area contributed by atoms with Crippen LogP contribution in [0.1, 0.15) is 53.4 Å². The number of hydrogen-bond acceptors (Lipinski definition) is 4. The molecule has 1 saturated heterocycles. The highest BCUT2D eigenvalue weighted by Crippen LogP contribution is 2.40. The van der Waals surface area contributed by atoms with E-state index in [-0.39, 0.29) is 24.0 Å². The van der Waals surface area contributed by atoms with Crippen LogP contribution in [-0.2, 0) is 14.3 Å². The van der Waals surface area contributed by atoms with Gasteiger partial charge in [0.2, 0.25) is 0 Å². The fourth-order valence-electron chi connectivity index (χ4n) is 3.36. The fraction of sp³-hybridized carbons (Fsp3) is 0.875. The summed E-state index contributed by atoms with van der Waals surface area (Å²) in [6.07, 6.45) is 3.08. The van der Waals surface area contributed by atoms with Gasteiger partial charge in [-0.1, -0.05) is 6.92 Å². The van der Waals surface area contributed by atoms with E-state index in [2.05, 4.69) is 12.2 Å². The van der Waals surface area contributed by atoms with Gasteiger partial charge in [-0.25, -0.2) is 4.79 Å². The van der Waals surface area contributed by atoms with Gasteiger partial charge in [-0.3, -0.25) is 4.79 Å². The van der Waals surface area contributed by atoms with Gasteiger partial charge in [0.05, 0.1) is 12.2 Å². The summed E-state index contributed by atoms with van der Waals surface area (Å²) in [5.41, 5.74) is -0.484. The maximum absolute atomic E-state index is 12.0. The number of Topliss-reactive ketones (excluding diaryl/α,β-unsaturated/α-hetero) is 1. The summed E-state index contributed by atoms with van der Waals surface area (Å²) in [5, 5.41) is 2.75. The summed E-state index contributed by atoms with van der Waals surface area (Å²) in [5.74, 6) is 0.648. The highest BCUT2D eigenvalue weighted by molar-refractivity contribution is 5.83. The number of fused-ring (bicyclic) bond motifs is 1. The lowest BCUT2D eigenvalue weighted by molar-refractivity contribution is -0.127. The third kappa shape index (κ3) is 4.19. The van der Waals surface area contributed by atoms with E-state index in [0.29, 0.717) is 18.7 Å². The maximum atomic E-state index is 12.0. The van der Waals surface area contributed by atoms with Crippen molar-refractivity contribution >= 4 is 11.9 Å². The van der Waals surface area contributed by atoms with E-state index >= 15 is 0 Å². The van der Waals surface area contributed by atoms with E-state index in [1.807, 2.05) is 20.8 Å². The summed E-state index contributed by atoms with van der Waals surface area (Å²) in [6.45, 7) is 8.12. The average molecular weight is 297 g/mol. The van der Waals surface area contributed by atoms with Gasteiger partial charge in [-0.2, -0.15) is 0 Å². The van der Waals surface area contributed by atoms with Gasteiger partial charge in [-0.05, 0) is 46.0 Å². The van der Waals surface area contributed by atoms with Gasteiger partial charge in [0.1, 0.15) is 11.4 Å². The SMILES string of the molecule is C[C@@H]1[C@H]2C(=O)CCC[C@H]2O[C@H]1CCNC(=O)OC(C)(C)C. The molecule has 0 unspecified atom stereocenters. The fourth-order valence-corrected chi connectivity index (χ4v) is 3.36. The topological polar surface area (TPSA) is 64.6 Å². The van der Waals surface area contributed by atoms with Gasteiger partial charge >= 0.3 is 6.09 Å². The van der Waals surface area contributed by atoms with Crippen molar-refractivity contribution in [3.63, 3.8) is 0 Å². The van der Waals surface area contributed by atoms with E-state index in [1.165, 1.54) is 0 Å². The van der Waals surface area contributed by atoms with Crippen molar-refractivity contribution in [2.24, 2.45) is 11.8 Å². The van der Waals surface area contributed by atoms with Crippen LogP contribution < -0.4 is 5.32 Å². The Morgan fingerprint density at radius 1 is 1.43 bits per heavy atom. The van der Waals surface area contributed by atoms with Crippen molar-refractivity contribution in [1.82, 2.24) is 5.32 Å². The van der Waals surface area contributed by atoms with Crippen LogP contribution in [0, 0.1) is 11.8 Å². The molecule has 21 heavy (non-hydrogen) atoms. The molecule has 0 aromatic rings. The standard InChI is InChI=1S/C16H27NO4/c1-10-12(8-9-17-15(19)21-16(2,3)4)20-13-7-5-6-11(18)14(10)13/h10,12-14H,5-9H2,1-4H3,(H,17,19)/t10-,12-,13+,14-/m0/s1. The minimum absolute atomic E-state index is 0.0528. The molecular weight excluding hydrogens is 270 g/mol. The minimum atomic E-state index is -0.484. The van der Waals surface area contributed by atoms with Gasteiger partial charge < -0.3 is 14.8 Å². The Kier molecular flexibility index (Phi) is 4.91. The Bertz CT molecular complexity index is 402. The molecule has 0 aromatic heterocycles. The lowest BCUT2D eigenvalue weighted by Gasteiger charge is -2.24. The zero-order valence-electron chi connectivity index (χ0n) is 13.5. The van der Waals surface area contributed by atoms with E-state index in [4.69, 9.17) is 9.47 Å². The molecule has 2 rings (SSSR count). The van der Waals surface area contributed by atoms with Crippen LogP contribution in [0.3, 0.4) is 0 Å². The van der Waals surface area contributed by atoms with Crippen molar-refractivity contribution in [2.45, 2.75) is 71.2 Å². The summed E-state index contributed by atoms with van der Waals surface area (Å²) < 4.78 is 11.2. The second-order valence-corrected chi connectivity index (χ2v) is 7.17. The Labute approximate surface area is 126 Å². The first kappa shape index (κ1) is 16.3. The van der Waals surface area contributed by atoms with Gasteiger partial charge in [-0.15, -0.1) is 0 Å². The molecule has 2 aliphatic rings. The first-order valence-corrected chi connectivity index (χ1v) is 7.93. The van der Waals surface area contributed by atoms with E-state index in [0.717, 1.165) is 19.3 Å². The molecule has 0 aromatic carbocycles. The maximum Gasteiger partial charge on any atom is 0.407 e. The molecule has 1 N–H and O–H groups in total. The molecule has 2 fully saturated rings. The summed E-state index contributed by atoms with van der Waals surface area (Å²) in [4.78, 5) is 23.6. The van der Waals surface area contributed by atoms with Gasteiger partial charge in [0.25, 0.3) is 0 Å². The van der Waals surface area contributed by atoms with Crippen LogP contribution in [0.2, 0.25) is 0 Å². The highest BCUT2D eigenvalue weighted by atomic mass is 16.6. The number of ether oxygens (including phenoxy) is 2. The largest absolute Gasteiger partial charge is 0.444 e. The Morgan fingerprint density at radius 3 is 2.76 bits per heavy atom. The molecular formula is C16H27NO4. The van der Waals surface area contributed by atoms with Crippen LogP contribution in [0.15, 0.2) is 0 Å². The second-order valence-electron chi connectivity index (χ2n) is 7.17. The number of rotatable bonds is 3. The Hall–Kier alpha value is -1.10. The zero-order valence-corrected chi connectivity index (χ0v) is 13.5. The minimum Gasteiger partial charge on any atom is -0.444 e. The Balaban J connectivity index is 1.77. The lowest BCUT2D eigenvalue weighted by atomic mass is 9.78. The van der Waals surface area contributed by atoms with E-state index < -0.39 is 11.7 Å². The Morgan fingerprint density at radius 2 is 2.14 bits per heavy atom. The molecule has 0 bridgehead atoms. The normalized spacial score (nSPS) is 32.7. The number of carbonyl (C=O) groups is 2. The summed E-state index contributed by atoms with van der Waals surface area (Å²) in [6, 6.07) is 0. The van der Waals surface area contributed by atoms with Crippen molar-refractivity contribution in [2.75, 3.05) is 6.54 Å². The first-order chi connectivity index (χ1) is 9.78. The third-order valence-corrected chi connectivity index (χ3v) is 4.28. The number of ketones is 1. The first-order valence-electron chi connectivity index (χ1n) is 7.93. The predicted octanol–water partition coefficient (Wildman–Crippen LogP) is 2.67. The molecule has 1 heterocycles. The number of alkyl carbamates (subject to hydrolysis) is 1. The molecule has 1 amide bonds. The highest BCUT2D eigenvalue weighted by Gasteiger charge is 2.46. The predicted molar refractivity (Wildman–Crippen MR) is 79.0 cm³/mol. The molecule has 1 aliphatic heterocycles. The lowest BCUT2D eigenvalue weighted by Crippen LogP contribution is -2.35. The number of amides is 1. The molecule has 0 radical (unpaired) electrons. The van der Waals surface area contributed by atoms with Crippen LogP contribution in [0.4, 0.5) is 4.79 Å². The summed E-state index contributed by atoms with van der Waals surface area (Å²) >= 11 is 0. The number of hydrogen-bond donors (Lipinski definition) is 1. The smallest absolute Gasteiger partial charge is 0.407 e. The van der Waals surface area contributed by atoms with Gasteiger partial charge in [0, 0.05) is 18.9 Å². The van der Waals surface area contributed by atoms with Crippen LogP contribution in [0.25, 0.3) is 0 Å². The molecule has 120 valence electrons. The molecule has 4 atom stereocenters. The van der Waals surface area contributed by atoms with Crippen LogP contribution in [0.5, 0.6) is 0 Å². The van der Waals surface area contributed by atoms with Crippen molar-refractivity contribution in [3.05, 3.63) is 0 Å². The molecule has 1 aliphatic carbocycles. The molecule has 0 spiro atoms. The third-order valence-electron chi connectivity index (χ3n) is 4.28. The zero-order chi connectivity index (χ0) is 15.6. The quantitative estimate of drug-likeness (QED) is 0.870. The second kappa shape index (κ2) is 6.34. The molecule has 5 heteroatoms. The van der Waals surface area contributed by atoms with Crippen molar-refractivity contribution < 1.29 is 19.1 Å². The average Bonchev–Trinajstić information content (AvgIpc) is 2.65. The van der Waals surface area contributed by atoms with E-state index in [1.54, 1.807) is 0 Å². The number of nitrogens with one attached hydrogen (secondary N) is 1. The monoisotopic (exact) mass is 297 g/mol. The van der Waals surface area contributed by atoms with Crippen LogP contribution >= 0.6 is 0 Å². The van der Waals surface area contributed by atoms with E-state index in [9.17, 15) is 9.59 Å². The molecule has 5 nitrogen and oxygen atoms in total. The molecule has 1 saturated carbocycles. The van der Waals surface area contributed by atoms with Crippen molar-refractivity contribution in [3.8, 4) is 0 Å². The van der Waals surface area contributed by atoms with Crippen molar-refractivity contribution in [1.29, 1.82) is 0 Å².